The summed E-state index contributed by atoms with van der Waals surface area (Å²) in [6.45, 7) is 6.05. The Labute approximate surface area is 210 Å². The number of piperidine rings is 1. The van der Waals surface area contributed by atoms with Gasteiger partial charge in [-0.25, -0.2) is 14.4 Å². The molecule has 2 aliphatic heterocycles. The van der Waals surface area contributed by atoms with Gasteiger partial charge in [0.15, 0.2) is 18.2 Å². The van der Waals surface area contributed by atoms with E-state index in [1.807, 2.05) is 25.1 Å². The van der Waals surface area contributed by atoms with Crippen LogP contribution in [0.1, 0.15) is 31.4 Å². The van der Waals surface area contributed by atoms with Crippen LogP contribution in [0.25, 0.3) is 10.9 Å². The molecule has 3 heterocycles. The van der Waals surface area contributed by atoms with Crippen LogP contribution in [0.4, 0.5) is 16.0 Å². The number of nitrogens with zero attached hydrogens (tertiary/aromatic N) is 4. The molecule has 1 N–H and O–H groups in total. The molecule has 8 nitrogen and oxygen atoms in total. The summed E-state index contributed by atoms with van der Waals surface area (Å²) in [5, 5.41) is 3.68. The first-order chi connectivity index (χ1) is 17.5. The lowest BCUT2D eigenvalue weighted by Crippen LogP contribution is -2.44. The monoisotopic (exact) mass is 493 g/mol. The molecular formula is C27H32FN5O3. The second kappa shape index (κ2) is 10.7. The Hall–Kier alpha value is -3.46. The largest absolute Gasteiger partial charge is 0.497 e. The van der Waals surface area contributed by atoms with Crippen molar-refractivity contribution in [2.24, 2.45) is 0 Å². The van der Waals surface area contributed by atoms with Gasteiger partial charge >= 0.3 is 0 Å². The van der Waals surface area contributed by atoms with Crippen LogP contribution in [0.3, 0.4) is 0 Å². The van der Waals surface area contributed by atoms with E-state index in [9.17, 15) is 9.18 Å². The van der Waals surface area contributed by atoms with E-state index in [0.717, 1.165) is 48.5 Å². The van der Waals surface area contributed by atoms with Gasteiger partial charge in [-0.15, -0.1) is 0 Å². The van der Waals surface area contributed by atoms with Gasteiger partial charge in [0.1, 0.15) is 5.75 Å². The third kappa shape index (κ3) is 5.36. The number of nitrogens with one attached hydrogen (secondary N) is 1. The fourth-order valence-corrected chi connectivity index (χ4v) is 5.09. The summed E-state index contributed by atoms with van der Waals surface area (Å²) in [5.74, 6) is 0.169. The van der Waals surface area contributed by atoms with Crippen molar-refractivity contribution in [3.63, 3.8) is 0 Å². The molecule has 0 atom stereocenters. The van der Waals surface area contributed by atoms with E-state index in [1.165, 1.54) is 45.2 Å². The maximum Gasteiger partial charge on any atom is 0.262 e. The van der Waals surface area contributed by atoms with Gasteiger partial charge < -0.3 is 24.6 Å². The molecule has 2 aliphatic rings. The number of rotatable bonds is 7. The first-order valence-corrected chi connectivity index (χ1v) is 12.5. The molecule has 3 aromatic rings. The van der Waals surface area contributed by atoms with Gasteiger partial charge in [0.2, 0.25) is 5.95 Å². The van der Waals surface area contributed by atoms with Gasteiger partial charge in [0, 0.05) is 36.3 Å². The zero-order valence-corrected chi connectivity index (χ0v) is 20.8. The highest BCUT2D eigenvalue weighted by Gasteiger charge is 2.27. The molecule has 190 valence electrons. The Morgan fingerprint density at radius 1 is 1.08 bits per heavy atom. The van der Waals surface area contributed by atoms with Gasteiger partial charge in [-0.1, -0.05) is 0 Å². The molecule has 0 spiro atoms. The summed E-state index contributed by atoms with van der Waals surface area (Å²) in [6, 6.07) is 10.5. The SMILES string of the molecule is COc1ccc(OCC(=O)Nc2ccc3nc(N4CCC(N5CCCC5)CC4)nc(C)c3c2)c(F)c1. The normalized spacial score (nSPS) is 16.9. The van der Waals surface area contributed by atoms with Crippen LogP contribution >= 0.6 is 0 Å². The fraction of sp³-hybridized carbons (Fsp3) is 0.444. The number of fused-ring (bicyclic) bond motifs is 1. The molecule has 9 heteroatoms. The Balaban J connectivity index is 1.21. The third-order valence-electron chi connectivity index (χ3n) is 7.06. The average Bonchev–Trinajstić information content (AvgIpc) is 3.43. The summed E-state index contributed by atoms with van der Waals surface area (Å²) >= 11 is 0. The van der Waals surface area contributed by atoms with Crippen LogP contribution in [-0.4, -0.2) is 66.7 Å². The van der Waals surface area contributed by atoms with Crippen molar-refractivity contribution in [1.29, 1.82) is 0 Å². The van der Waals surface area contributed by atoms with Crippen molar-refractivity contribution >= 4 is 28.4 Å². The van der Waals surface area contributed by atoms with E-state index in [0.29, 0.717) is 17.5 Å². The van der Waals surface area contributed by atoms with Crippen LogP contribution in [-0.2, 0) is 4.79 Å². The number of amides is 1. The summed E-state index contributed by atoms with van der Waals surface area (Å²) in [5.41, 5.74) is 2.32. The number of likely N-dealkylation sites (tertiary alicyclic amines) is 1. The molecule has 1 aromatic heterocycles. The molecule has 0 unspecified atom stereocenters. The van der Waals surface area contributed by atoms with Crippen molar-refractivity contribution in [2.45, 2.75) is 38.6 Å². The van der Waals surface area contributed by atoms with Crippen molar-refractivity contribution in [1.82, 2.24) is 14.9 Å². The minimum atomic E-state index is -0.586. The van der Waals surface area contributed by atoms with E-state index in [-0.39, 0.29) is 18.3 Å². The van der Waals surface area contributed by atoms with Gasteiger partial charge in [0.25, 0.3) is 5.91 Å². The molecular weight excluding hydrogens is 461 g/mol. The Bertz CT molecular complexity index is 1240. The number of aryl methyl sites for hydroxylation is 1. The molecule has 0 radical (unpaired) electrons. The van der Waals surface area contributed by atoms with Crippen molar-refractivity contribution in [2.75, 3.05) is 50.1 Å². The number of carbonyl (C=O) groups excluding carboxylic acids is 1. The van der Waals surface area contributed by atoms with E-state index in [2.05, 4.69) is 15.1 Å². The second-order valence-corrected chi connectivity index (χ2v) is 9.44. The topological polar surface area (TPSA) is 79.8 Å². The van der Waals surface area contributed by atoms with Crippen LogP contribution in [0.15, 0.2) is 36.4 Å². The number of benzene rings is 2. The number of hydrogen-bond donors (Lipinski definition) is 1. The number of ether oxygens (including phenoxy) is 2. The van der Waals surface area contributed by atoms with Gasteiger partial charge in [-0.05, 0) is 76.0 Å². The Morgan fingerprint density at radius 2 is 1.86 bits per heavy atom. The Kier molecular flexibility index (Phi) is 7.18. The zero-order valence-electron chi connectivity index (χ0n) is 20.8. The van der Waals surface area contributed by atoms with Gasteiger partial charge in [0.05, 0.1) is 18.3 Å². The van der Waals surface area contributed by atoms with Crippen LogP contribution in [0.2, 0.25) is 0 Å². The molecule has 5 rings (SSSR count). The highest BCUT2D eigenvalue weighted by molar-refractivity contribution is 5.95. The summed E-state index contributed by atoms with van der Waals surface area (Å²) in [4.78, 5) is 26.9. The minimum Gasteiger partial charge on any atom is -0.497 e. The van der Waals surface area contributed by atoms with Crippen molar-refractivity contribution in [3.05, 3.63) is 47.9 Å². The van der Waals surface area contributed by atoms with Crippen LogP contribution < -0.4 is 19.7 Å². The number of aromatic nitrogens is 2. The summed E-state index contributed by atoms with van der Waals surface area (Å²) in [6.07, 6.45) is 4.94. The van der Waals surface area contributed by atoms with Gasteiger partial charge in [-0.3, -0.25) is 4.79 Å². The lowest BCUT2D eigenvalue weighted by Gasteiger charge is -2.36. The summed E-state index contributed by atoms with van der Waals surface area (Å²) < 4.78 is 24.3. The number of hydrogen-bond acceptors (Lipinski definition) is 7. The van der Waals surface area contributed by atoms with Gasteiger partial charge in [-0.2, -0.15) is 0 Å². The van der Waals surface area contributed by atoms with E-state index >= 15 is 0 Å². The fourth-order valence-electron chi connectivity index (χ4n) is 5.09. The molecule has 1 amide bonds. The summed E-state index contributed by atoms with van der Waals surface area (Å²) in [7, 11) is 1.46. The van der Waals surface area contributed by atoms with Crippen LogP contribution in [0, 0.1) is 12.7 Å². The van der Waals surface area contributed by atoms with E-state index < -0.39 is 5.82 Å². The average molecular weight is 494 g/mol. The zero-order chi connectivity index (χ0) is 25.1. The maximum absolute atomic E-state index is 14.0. The van der Waals surface area contributed by atoms with Crippen LogP contribution in [0.5, 0.6) is 11.5 Å². The molecule has 0 saturated carbocycles. The van der Waals surface area contributed by atoms with Crippen molar-refractivity contribution in [3.8, 4) is 11.5 Å². The molecule has 0 bridgehead atoms. The number of methoxy groups -OCH3 is 1. The molecule has 2 aromatic carbocycles. The predicted molar refractivity (Wildman–Crippen MR) is 137 cm³/mol. The lowest BCUT2D eigenvalue weighted by molar-refractivity contribution is -0.118. The molecule has 2 saturated heterocycles. The maximum atomic E-state index is 14.0. The quantitative estimate of drug-likeness (QED) is 0.529. The molecule has 36 heavy (non-hydrogen) atoms. The molecule has 2 fully saturated rings. The third-order valence-corrected chi connectivity index (χ3v) is 7.06. The highest BCUT2D eigenvalue weighted by atomic mass is 19.1. The standard InChI is InChI=1S/C27H32FN5O3/c1-18-22-15-19(30-26(34)17-36-25-8-6-21(35-2)16-23(25)28)5-7-24(22)31-27(29-18)33-13-9-20(10-14-33)32-11-3-4-12-32/h5-8,15-16,20H,3-4,9-14,17H2,1-2H3,(H,30,34). The molecule has 0 aliphatic carbocycles. The lowest BCUT2D eigenvalue weighted by atomic mass is 10.0. The first-order valence-electron chi connectivity index (χ1n) is 12.5. The van der Waals surface area contributed by atoms with E-state index in [1.54, 1.807) is 6.07 Å². The number of halogens is 1. The smallest absolute Gasteiger partial charge is 0.262 e. The minimum absolute atomic E-state index is 0.00861. The number of carbonyl (C=O) groups is 1. The first kappa shape index (κ1) is 24.2. The van der Waals surface area contributed by atoms with Crippen molar-refractivity contribution < 1.29 is 18.7 Å². The van der Waals surface area contributed by atoms with E-state index in [4.69, 9.17) is 19.4 Å². The predicted octanol–water partition coefficient (Wildman–Crippen LogP) is 4.17. The second-order valence-electron chi connectivity index (χ2n) is 9.44. The highest BCUT2D eigenvalue weighted by Crippen LogP contribution is 2.27. The Morgan fingerprint density at radius 3 is 2.58 bits per heavy atom. The number of anilines is 2.